The van der Waals surface area contributed by atoms with Crippen LogP contribution in [0.3, 0.4) is 0 Å². The number of benzene rings is 1. The number of pyridine rings is 1. The van der Waals surface area contributed by atoms with Crippen LogP contribution in [0.4, 0.5) is 5.82 Å². The molecule has 0 aliphatic rings. The van der Waals surface area contributed by atoms with Crippen LogP contribution in [0.15, 0.2) is 36.5 Å². The molecule has 1 aromatic carbocycles. The highest BCUT2D eigenvalue weighted by atomic mass is 14.9. The average molecular weight is 288 g/mol. The summed E-state index contributed by atoms with van der Waals surface area (Å²) >= 11 is 0. The zero-order valence-electron chi connectivity index (χ0n) is 12.5. The maximum absolute atomic E-state index is 5.99. The first kappa shape index (κ1) is 14.0. The lowest BCUT2D eigenvalue weighted by atomic mass is 10.0. The molecule has 0 radical (unpaired) electrons. The molecule has 0 saturated heterocycles. The van der Waals surface area contributed by atoms with Gasteiger partial charge in [0.05, 0.1) is 5.69 Å². The summed E-state index contributed by atoms with van der Waals surface area (Å²) in [5, 5.41) is 0.944. The number of rotatable bonds is 2. The van der Waals surface area contributed by atoms with Gasteiger partial charge in [0.2, 0.25) is 0 Å². The van der Waals surface area contributed by atoms with Gasteiger partial charge in [0.15, 0.2) is 5.82 Å². The lowest BCUT2D eigenvalue weighted by Crippen LogP contribution is -2.03. The van der Waals surface area contributed by atoms with Crippen LogP contribution in [0.5, 0.6) is 0 Å². The van der Waals surface area contributed by atoms with Crippen molar-refractivity contribution in [1.82, 2.24) is 15.0 Å². The van der Waals surface area contributed by atoms with E-state index in [9.17, 15) is 0 Å². The van der Waals surface area contributed by atoms with Crippen molar-refractivity contribution in [3.05, 3.63) is 47.8 Å². The van der Waals surface area contributed by atoms with Crippen LogP contribution in [0.25, 0.3) is 22.3 Å². The van der Waals surface area contributed by atoms with Gasteiger partial charge in [-0.1, -0.05) is 31.9 Å². The van der Waals surface area contributed by atoms with Crippen LogP contribution >= 0.6 is 0 Å². The van der Waals surface area contributed by atoms with Crippen molar-refractivity contribution in [3.63, 3.8) is 0 Å². The third-order valence-electron chi connectivity index (χ3n) is 3.51. The Bertz CT molecular complexity index is 891. The minimum atomic E-state index is 0.252. The third kappa shape index (κ3) is 2.38. The minimum absolute atomic E-state index is 0.252. The highest BCUT2D eigenvalue weighted by molar-refractivity contribution is 5.90. The average Bonchev–Trinajstić information content (AvgIpc) is 2.54. The molecule has 3 rings (SSSR count). The van der Waals surface area contributed by atoms with Gasteiger partial charge in [0.1, 0.15) is 11.3 Å². The topological polar surface area (TPSA) is 64.7 Å². The zero-order chi connectivity index (χ0) is 15.7. The van der Waals surface area contributed by atoms with Crippen LogP contribution in [0.1, 0.15) is 31.0 Å². The molecular weight excluding hydrogens is 272 g/mol. The van der Waals surface area contributed by atoms with Crippen molar-refractivity contribution in [2.24, 2.45) is 0 Å². The highest BCUT2D eigenvalue weighted by Crippen LogP contribution is 2.28. The third-order valence-corrected chi connectivity index (χ3v) is 3.51. The van der Waals surface area contributed by atoms with E-state index >= 15 is 0 Å². The molecule has 0 fully saturated rings. The number of aromatic nitrogens is 3. The summed E-state index contributed by atoms with van der Waals surface area (Å²) in [6.07, 6.45) is 7.15. The van der Waals surface area contributed by atoms with E-state index in [2.05, 4.69) is 29.7 Å². The molecule has 0 bridgehead atoms. The van der Waals surface area contributed by atoms with Crippen LogP contribution < -0.4 is 5.73 Å². The molecule has 2 N–H and O–H groups in total. The van der Waals surface area contributed by atoms with Crippen LogP contribution in [-0.4, -0.2) is 15.0 Å². The molecule has 0 spiro atoms. The van der Waals surface area contributed by atoms with Crippen LogP contribution in [0, 0.1) is 12.3 Å². The molecular formula is C18H16N4. The van der Waals surface area contributed by atoms with Crippen LogP contribution in [0.2, 0.25) is 0 Å². The molecule has 0 amide bonds. The number of nitrogens with two attached hydrogens (primary N) is 1. The first-order valence-corrected chi connectivity index (χ1v) is 7.09. The second-order valence-corrected chi connectivity index (χ2v) is 5.40. The molecule has 0 aliphatic carbocycles. The molecule has 4 nitrogen and oxygen atoms in total. The number of hydrogen-bond acceptors (Lipinski definition) is 4. The molecule has 4 heteroatoms. The summed E-state index contributed by atoms with van der Waals surface area (Å²) in [4.78, 5) is 13.5. The van der Waals surface area contributed by atoms with Gasteiger partial charge in [-0.3, -0.25) is 0 Å². The first-order chi connectivity index (χ1) is 10.6. The minimum Gasteiger partial charge on any atom is -0.382 e. The van der Waals surface area contributed by atoms with Gasteiger partial charge in [-0.2, -0.15) is 0 Å². The van der Waals surface area contributed by atoms with Crippen molar-refractivity contribution in [2.45, 2.75) is 19.8 Å². The Hall–Kier alpha value is -2.93. The smallest absolute Gasteiger partial charge is 0.160 e. The molecule has 3 aromatic rings. The van der Waals surface area contributed by atoms with Crippen molar-refractivity contribution >= 4 is 16.7 Å². The van der Waals surface area contributed by atoms with E-state index in [1.807, 2.05) is 30.3 Å². The summed E-state index contributed by atoms with van der Waals surface area (Å²) in [6, 6.07) is 9.53. The Morgan fingerprint density at radius 3 is 2.73 bits per heavy atom. The Kier molecular flexibility index (Phi) is 3.48. The molecule has 0 unspecified atom stereocenters. The van der Waals surface area contributed by atoms with E-state index in [1.165, 1.54) is 0 Å². The molecule has 0 atom stereocenters. The number of fused-ring (bicyclic) bond motifs is 1. The monoisotopic (exact) mass is 288 g/mol. The normalized spacial score (nSPS) is 10.8. The van der Waals surface area contributed by atoms with Gasteiger partial charge >= 0.3 is 0 Å². The zero-order valence-corrected chi connectivity index (χ0v) is 12.5. The second-order valence-electron chi connectivity index (χ2n) is 5.40. The van der Waals surface area contributed by atoms with E-state index < -0.39 is 0 Å². The molecule has 0 aliphatic heterocycles. The largest absolute Gasteiger partial charge is 0.382 e. The lowest BCUT2D eigenvalue weighted by molar-refractivity contribution is 0.830. The number of nitrogens with zero attached hydrogens (tertiary/aromatic N) is 3. The summed E-state index contributed by atoms with van der Waals surface area (Å²) in [7, 11) is 0. The van der Waals surface area contributed by atoms with Gasteiger partial charge in [0.25, 0.3) is 0 Å². The maximum Gasteiger partial charge on any atom is 0.160 e. The lowest BCUT2D eigenvalue weighted by Gasteiger charge is -2.12. The summed E-state index contributed by atoms with van der Waals surface area (Å²) in [6.45, 7) is 4.19. The standard InChI is InChI=1S/C18H16N4/c1-4-12-6-5-7-13(10-12)18-21-15(11(2)3)14-8-9-20-17(19)16(14)22-18/h1,5-11H,2-3H3,(H2,19,20). The number of nitrogen functional groups attached to an aromatic ring is 1. The van der Waals surface area contributed by atoms with Gasteiger partial charge in [-0.05, 0) is 24.1 Å². The van der Waals surface area contributed by atoms with Crippen molar-refractivity contribution in [2.75, 3.05) is 5.73 Å². The maximum atomic E-state index is 5.99. The Morgan fingerprint density at radius 1 is 1.18 bits per heavy atom. The van der Waals surface area contributed by atoms with E-state index in [-0.39, 0.29) is 5.92 Å². The highest BCUT2D eigenvalue weighted by Gasteiger charge is 2.14. The van der Waals surface area contributed by atoms with E-state index in [1.54, 1.807) is 6.20 Å². The van der Waals surface area contributed by atoms with E-state index in [0.29, 0.717) is 17.2 Å². The fourth-order valence-electron chi connectivity index (χ4n) is 2.42. The Labute approximate surface area is 129 Å². The summed E-state index contributed by atoms with van der Waals surface area (Å²) < 4.78 is 0. The van der Waals surface area contributed by atoms with Crippen LogP contribution in [-0.2, 0) is 0 Å². The SMILES string of the molecule is C#Cc1cccc(-c2nc(C(C)C)c3ccnc(N)c3n2)c1. The number of anilines is 1. The molecule has 0 saturated carbocycles. The van der Waals surface area contributed by atoms with Gasteiger partial charge < -0.3 is 5.73 Å². The predicted octanol–water partition coefficient (Wildman–Crippen LogP) is 3.38. The van der Waals surface area contributed by atoms with Gasteiger partial charge in [0, 0.05) is 22.7 Å². The quantitative estimate of drug-likeness (QED) is 0.734. The van der Waals surface area contributed by atoms with E-state index in [0.717, 1.165) is 22.2 Å². The molecule has 22 heavy (non-hydrogen) atoms. The second kappa shape index (κ2) is 5.45. The predicted molar refractivity (Wildman–Crippen MR) is 89.2 cm³/mol. The number of terminal acetylenes is 1. The summed E-state index contributed by atoms with van der Waals surface area (Å²) in [5.41, 5.74) is 9.31. The van der Waals surface area contributed by atoms with Gasteiger partial charge in [-0.15, -0.1) is 6.42 Å². The van der Waals surface area contributed by atoms with E-state index in [4.69, 9.17) is 17.1 Å². The van der Waals surface area contributed by atoms with Crippen molar-refractivity contribution < 1.29 is 0 Å². The fourth-order valence-corrected chi connectivity index (χ4v) is 2.42. The molecule has 108 valence electrons. The molecule has 2 aromatic heterocycles. The fraction of sp³-hybridized carbons (Fsp3) is 0.167. The van der Waals surface area contributed by atoms with Crippen molar-refractivity contribution in [1.29, 1.82) is 0 Å². The molecule has 2 heterocycles. The Balaban J connectivity index is 2.31. The Morgan fingerprint density at radius 2 is 2.00 bits per heavy atom. The van der Waals surface area contributed by atoms with Crippen molar-refractivity contribution in [3.8, 4) is 23.7 Å². The van der Waals surface area contributed by atoms with Gasteiger partial charge in [-0.25, -0.2) is 15.0 Å². The first-order valence-electron chi connectivity index (χ1n) is 7.09. The number of hydrogen-bond donors (Lipinski definition) is 1. The summed E-state index contributed by atoms with van der Waals surface area (Å²) in [5.74, 6) is 3.91.